The second-order valence-electron chi connectivity index (χ2n) is 6.16. The first-order valence-electron chi connectivity index (χ1n) is 8.22. The number of rotatable bonds is 5. The molecule has 26 heavy (non-hydrogen) atoms. The van der Waals surface area contributed by atoms with E-state index in [0.717, 1.165) is 27.9 Å². The van der Waals surface area contributed by atoms with E-state index in [1.165, 1.54) is 13.4 Å². The van der Waals surface area contributed by atoms with Gasteiger partial charge in [0.05, 0.1) is 24.5 Å². The second-order valence-corrected chi connectivity index (χ2v) is 6.16. The van der Waals surface area contributed by atoms with Gasteiger partial charge in [-0.3, -0.25) is 9.78 Å². The van der Waals surface area contributed by atoms with Crippen LogP contribution in [0, 0.1) is 13.8 Å². The molecule has 1 aromatic carbocycles. The van der Waals surface area contributed by atoms with E-state index < -0.39 is 12.0 Å². The van der Waals surface area contributed by atoms with E-state index in [9.17, 15) is 9.59 Å². The Bertz CT molecular complexity index is 951. The van der Waals surface area contributed by atoms with E-state index in [1.807, 2.05) is 32.0 Å². The van der Waals surface area contributed by atoms with Gasteiger partial charge in [-0.15, -0.1) is 0 Å². The van der Waals surface area contributed by atoms with Crippen molar-refractivity contribution < 1.29 is 14.3 Å². The zero-order valence-corrected chi connectivity index (χ0v) is 14.9. The van der Waals surface area contributed by atoms with Crippen LogP contribution in [0.25, 0.3) is 10.9 Å². The molecule has 7 heteroatoms. The molecular formula is C19H20N4O3. The zero-order valence-electron chi connectivity index (χ0n) is 14.9. The number of hydrogen-bond donors (Lipinski definition) is 2. The third-order valence-electron chi connectivity index (χ3n) is 4.11. The molecule has 0 aliphatic heterocycles. The first-order valence-corrected chi connectivity index (χ1v) is 8.22. The third kappa shape index (κ3) is 3.72. The molecule has 1 amide bonds. The number of nitrogens with one attached hydrogen (secondary N) is 2. The number of imidazole rings is 1. The fourth-order valence-corrected chi connectivity index (χ4v) is 2.85. The number of aromatic nitrogens is 3. The number of pyridine rings is 1. The van der Waals surface area contributed by atoms with Crippen molar-refractivity contribution in [2.45, 2.75) is 26.3 Å². The van der Waals surface area contributed by atoms with Crippen LogP contribution in [0.4, 0.5) is 0 Å². The Morgan fingerprint density at radius 2 is 2.08 bits per heavy atom. The number of aryl methyl sites for hydroxylation is 2. The molecule has 0 aliphatic rings. The SMILES string of the molecule is COC(=O)[C@H](Cc1cnc[nH]1)NC(=O)c1cc(C)nc2ccc(C)cc12. The number of amides is 1. The summed E-state index contributed by atoms with van der Waals surface area (Å²) in [4.78, 5) is 36.3. The van der Waals surface area contributed by atoms with E-state index in [-0.39, 0.29) is 12.3 Å². The number of hydrogen-bond acceptors (Lipinski definition) is 5. The highest BCUT2D eigenvalue weighted by molar-refractivity contribution is 6.07. The molecule has 0 aliphatic carbocycles. The number of nitrogens with zero attached hydrogens (tertiary/aromatic N) is 2. The molecule has 0 spiro atoms. The van der Waals surface area contributed by atoms with Crippen molar-refractivity contribution in [1.29, 1.82) is 0 Å². The van der Waals surface area contributed by atoms with Crippen molar-refractivity contribution in [2.75, 3.05) is 7.11 Å². The quantitative estimate of drug-likeness (QED) is 0.685. The van der Waals surface area contributed by atoms with Crippen LogP contribution in [0.1, 0.15) is 27.3 Å². The molecule has 0 unspecified atom stereocenters. The van der Waals surface area contributed by atoms with Crippen molar-refractivity contribution >= 4 is 22.8 Å². The van der Waals surface area contributed by atoms with Crippen molar-refractivity contribution in [3.05, 3.63) is 59.3 Å². The van der Waals surface area contributed by atoms with Gasteiger partial charge in [0.15, 0.2) is 0 Å². The number of fused-ring (bicyclic) bond motifs is 1. The Labute approximate surface area is 150 Å². The Morgan fingerprint density at radius 1 is 1.27 bits per heavy atom. The van der Waals surface area contributed by atoms with Crippen LogP contribution in [0.3, 0.4) is 0 Å². The molecule has 3 rings (SSSR count). The molecule has 0 bridgehead atoms. The minimum absolute atomic E-state index is 0.263. The molecule has 0 saturated heterocycles. The van der Waals surface area contributed by atoms with Crippen LogP contribution in [-0.4, -0.2) is 40.0 Å². The standard InChI is InChI=1S/C19H20N4O3/c1-11-4-5-16-14(6-11)15(7-12(2)22-16)18(24)23-17(19(25)26-3)8-13-9-20-10-21-13/h4-7,9-10,17H,8H2,1-3H3,(H,20,21)(H,23,24)/t17-/m0/s1. The molecule has 0 saturated carbocycles. The Morgan fingerprint density at radius 3 is 2.77 bits per heavy atom. The van der Waals surface area contributed by atoms with Crippen LogP contribution in [0.15, 0.2) is 36.8 Å². The van der Waals surface area contributed by atoms with Gasteiger partial charge >= 0.3 is 5.97 Å². The lowest BCUT2D eigenvalue weighted by atomic mass is 10.0. The van der Waals surface area contributed by atoms with Gasteiger partial charge in [0.25, 0.3) is 5.91 Å². The van der Waals surface area contributed by atoms with Crippen LogP contribution >= 0.6 is 0 Å². The Hall–Kier alpha value is -3.22. The minimum Gasteiger partial charge on any atom is -0.467 e. The van der Waals surface area contributed by atoms with Gasteiger partial charge in [-0.1, -0.05) is 11.6 Å². The summed E-state index contributed by atoms with van der Waals surface area (Å²) in [6.07, 6.45) is 3.39. The van der Waals surface area contributed by atoms with E-state index in [2.05, 4.69) is 20.3 Å². The van der Waals surface area contributed by atoms with Crippen molar-refractivity contribution in [2.24, 2.45) is 0 Å². The van der Waals surface area contributed by atoms with Crippen LogP contribution < -0.4 is 5.32 Å². The van der Waals surface area contributed by atoms with E-state index in [1.54, 1.807) is 12.3 Å². The molecule has 0 fully saturated rings. The van der Waals surface area contributed by atoms with E-state index in [4.69, 9.17) is 4.74 Å². The second kappa shape index (κ2) is 7.35. The van der Waals surface area contributed by atoms with Crippen molar-refractivity contribution in [3.63, 3.8) is 0 Å². The maximum Gasteiger partial charge on any atom is 0.328 e. The Balaban J connectivity index is 1.93. The lowest BCUT2D eigenvalue weighted by Crippen LogP contribution is -2.43. The first-order chi connectivity index (χ1) is 12.5. The van der Waals surface area contributed by atoms with Crippen LogP contribution in [0.5, 0.6) is 0 Å². The molecule has 2 heterocycles. The van der Waals surface area contributed by atoms with Crippen molar-refractivity contribution in [3.8, 4) is 0 Å². The van der Waals surface area contributed by atoms with Crippen LogP contribution in [-0.2, 0) is 16.0 Å². The number of H-pyrrole nitrogens is 1. The number of ether oxygens (including phenoxy) is 1. The van der Waals surface area contributed by atoms with Gasteiger partial charge in [-0.25, -0.2) is 9.78 Å². The molecule has 2 aromatic heterocycles. The summed E-state index contributed by atoms with van der Waals surface area (Å²) in [5.74, 6) is -0.861. The summed E-state index contributed by atoms with van der Waals surface area (Å²) in [6.45, 7) is 3.79. The van der Waals surface area contributed by atoms with Gasteiger partial charge in [0, 0.05) is 29.4 Å². The highest BCUT2D eigenvalue weighted by atomic mass is 16.5. The smallest absolute Gasteiger partial charge is 0.328 e. The Kier molecular flexibility index (Phi) is 4.97. The molecule has 7 nitrogen and oxygen atoms in total. The number of esters is 1. The van der Waals surface area contributed by atoms with Crippen molar-refractivity contribution in [1.82, 2.24) is 20.3 Å². The number of methoxy groups -OCH3 is 1. The van der Waals surface area contributed by atoms with E-state index >= 15 is 0 Å². The molecular weight excluding hydrogens is 332 g/mol. The zero-order chi connectivity index (χ0) is 18.7. The average Bonchev–Trinajstić information content (AvgIpc) is 3.13. The van der Waals surface area contributed by atoms with Gasteiger partial charge in [0.2, 0.25) is 0 Å². The average molecular weight is 352 g/mol. The third-order valence-corrected chi connectivity index (χ3v) is 4.11. The molecule has 2 N–H and O–H groups in total. The summed E-state index contributed by atoms with van der Waals surface area (Å²) in [5.41, 5.74) is 3.71. The largest absolute Gasteiger partial charge is 0.467 e. The summed E-state index contributed by atoms with van der Waals surface area (Å²) < 4.78 is 4.83. The first kappa shape index (κ1) is 17.6. The molecule has 3 aromatic rings. The summed E-state index contributed by atoms with van der Waals surface area (Å²) in [7, 11) is 1.30. The van der Waals surface area contributed by atoms with Gasteiger partial charge < -0.3 is 15.0 Å². The summed E-state index contributed by atoms with van der Waals surface area (Å²) >= 11 is 0. The summed E-state index contributed by atoms with van der Waals surface area (Å²) in [5, 5.41) is 3.52. The number of carbonyl (C=O) groups excluding carboxylic acids is 2. The number of benzene rings is 1. The lowest BCUT2D eigenvalue weighted by molar-refractivity contribution is -0.142. The topological polar surface area (TPSA) is 97.0 Å². The van der Waals surface area contributed by atoms with E-state index in [0.29, 0.717) is 5.56 Å². The highest BCUT2D eigenvalue weighted by Crippen LogP contribution is 2.20. The van der Waals surface area contributed by atoms with Gasteiger partial charge in [0.1, 0.15) is 6.04 Å². The normalized spacial score (nSPS) is 12.0. The molecule has 134 valence electrons. The predicted molar refractivity (Wildman–Crippen MR) is 96.8 cm³/mol. The number of carbonyl (C=O) groups is 2. The number of aromatic amines is 1. The summed E-state index contributed by atoms with van der Waals surface area (Å²) in [6, 6.07) is 6.66. The predicted octanol–water partition coefficient (Wildman–Crippen LogP) is 2.09. The monoisotopic (exact) mass is 352 g/mol. The maximum absolute atomic E-state index is 12.9. The fraction of sp³-hybridized carbons (Fsp3) is 0.263. The molecule has 1 atom stereocenters. The van der Waals surface area contributed by atoms with Gasteiger partial charge in [-0.05, 0) is 32.0 Å². The lowest BCUT2D eigenvalue weighted by Gasteiger charge is -2.17. The highest BCUT2D eigenvalue weighted by Gasteiger charge is 2.24. The van der Waals surface area contributed by atoms with Gasteiger partial charge in [-0.2, -0.15) is 0 Å². The maximum atomic E-state index is 12.9. The minimum atomic E-state index is -0.818. The molecule has 0 radical (unpaired) electrons. The van der Waals surface area contributed by atoms with Crippen LogP contribution in [0.2, 0.25) is 0 Å². The fourth-order valence-electron chi connectivity index (χ4n) is 2.85.